The number of amides is 1. The number of nitrogens with zero attached hydrogens (tertiary/aromatic N) is 1. The number of anilines is 1. The van der Waals surface area contributed by atoms with Gasteiger partial charge in [-0.05, 0) is 36.2 Å². The van der Waals surface area contributed by atoms with Crippen LogP contribution in [0.2, 0.25) is 0 Å². The van der Waals surface area contributed by atoms with Gasteiger partial charge in [0, 0.05) is 30.4 Å². The summed E-state index contributed by atoms with van der Waals surface area (Å²) in [5.41, 5.74) is 1.64. The van der Waals surface area contributed by atoms with Crippen molar-refractivity contribution < 1.29 is 4.79 Å². The molecular formula is C18H17N3O3. The smallest absolute Gasteiger partial charge is 0.263 e. The second kappa shape index (κ2) is 6.16. The average molecular weight is 323 g/mol. The Morgan fingerprint density at radius 1 is 1.21 bits per heavy atom. The third kappa shape index (κ3) is 2.86. The number of hydrogen-bond acceptors (Lipinski definition) is 3. The van der Waals surface area contributed by atoms with Gasteiger partial charge in [-0.2, -0.15) is 0 Å². The molecule has 3 aromatic rings. The van der Waals surface area contributed by atoms with Crippen LogP contribution in [0, 0.1) is 0 Å². The van der Waals surface area contributed by atoms with Crippen LogP contribution in [0.5, 0.6) is 0 Å². The van der Waals surface area contributed by atoms with E-state index < -0.39 is 5.91 Å². The molecule has 0 aliphatic carbocycles. The Morgan fingerprint density at radius 3 is 2.75 bits per heavy atom. The number of nitrogens with one attached hydrogen (secondary N) is 2. The molecule has 0 aliphatic rings. The molecule has 0 radical (unpaired) electrons. The highest BCUT2D eigenvalue weighted by Crippen LogP contribution is 2.20. The predicted molar refractivity (Wildman–Crippen MR) is 93.6 cm³/mol. The molecule has 1 aromatic carbocycles. The zero-order valence-corrected chi connectivity index (χ0v) is 13.4. The van der Waals surface area contributed by atoms with Crippen LogP contribution in [-0.4, -0.2) is 15.5 Å². The largest absolute Gasteiger partial charge is 0.322 e. The SMILES string of the molecule is CCc1cc(=O)[nH]c2cc(NC(=O)c3cccn(C)c3=O)ccc12. The standard InChI is InChI=1S/C18H17N3O3/c1-3-11-9-16(22)20-15-10-12(6-7-13(11)15)19-17(23)14-5-4-8-21(2)18(14)24/h4-10H,3H2,1-2H3,(H,19,23)(H,20,22). The quantitative estimate of drug-likeness (QED) is 0.773. The van der Waals surface area contributed by atoms with Gasteiger partial charge in [0.15, 0.2) is 0 Å². The molecule has 0 atom stereocenters. The van der Waals surface area contributed by atoms with Crippen molar-refractivity contribution in [3.05, 3.63) is 74.4 Å². The van der Waals surface area contributed by atoms with E-state index in [1.807, 2.05) is 13.0 Å². The van der Waals surface area contributed by atoms with Crippen molar-refractivity contribution in [2.75, 3.05) is 5.32 Å². The number of H-pyrrole nitrogens is 1. The minimum Gasteiger partial charge on any atom is -0.322 e. The third-order valence-corrected chi connectivity index (χ3v) is 3.94. The summed E-state index contributed by atoms with van der Waals surface area (Å²) in [6.07, 6.45) is 2.33. The molecule has 0 fully saturated rings. The summed E-state index contributed by atoms with van der Waals surface area (Å²) in [7, 11) is 1.59. The van der Waals surface area contributed by atoms with E-state index >= 15 is 0 Å². The van der Waals surface area contributed by atoms with Crippen molar-refractivity contribution in [2.24, 2.45) is 7.05 Å². The van der Waals surface area contributed by atoms with Crippen molar-refractivity contribution in [2.45, 2.75) is 13.3 Å². The van der Waals surface area contributed by atoms with Crippen LogP contribution < -0.4 is 16.4 Å². The molecule has 0 spiro atoms. The van der Waals surface area contributed by atoms with E-state index in [4.69, 9.17) is 0 Å². The van der Waals surface area contributed by atoms with Crippen LogP contribution in [-0.2, 0) is 13.5 Å². The maximum atomic E-state index is 12.3. The number of fused-ring (bicyclic) bond motifs is 1. The van der Waals surface area contributed by atoms with Gasteiger partial charge in [-0.25, -0.2) is 0 Å². The van der Waals surface area contributed by atoms with E-state index in [0.29, 0.717) is 11.2 Å². The molecule has 1 amide bonds. The molecule has 0 saturated heterocycles. The van der Waals surface area contributed by atoms with Crippen molar-refractivity contribution in [1.82, 2.24) is 9.55 Å². The first-order chi connectivity index (χ1) is 11.5. The summed E-state index contributed by atoms with van der Waals surface area (Å²) in [5, 5.41) is 3.64. The number of pyridine rings is 2. The minimum atomic E-state index is -0.482. The molecule has 2 heterocycles. The second-order valence-electron chi connectivity index (χ2n) is 5.56. The van der Waals surface area contributed by atoms with Crippen LogP contribution in [0.1, 0.15) is 22.8 Å². The number of aryl methyl sites for hydroxylation is 2. The Bertz CT molecular complexity index is 1050. The molecule has 6 heteroatoms. The first-order valence-corrected chi connectivity index (χ1v) is 7.62. The minimum absolute atomic E-state index is 0.0656. The van der Waals surface area contributed by atoms with Gasteiger partial charge < -0.3 is 14.9 Å². The topological polar surface area (TPSA) is 84.0 Å². The van der Waals surface area contributed by atoms with Crippen LogP contribution in [0.4, 0.5) is 5.69 Å². The first kappa shape index (κ1) is 15.7. The molecule has 0 bridgehead atoms. The number of benzene rings is 1. The fourth-order valence-electron chi connectivity index (χ4n) is 2.67. The third-order valence-electron chi connectivity index (χ3n) is 3.94. The number of carbonyl (C=O) groups excluding carboxylic acids is 1. The number of aromatic amines is 1. The van der Waals surface area contributed by atoms with Crippen molar-refractivity contribution >= 4 is 22.5 Å². The summed E-state index contributed by atoms with van der Waals surface area (Å²) < 4.78 is 1.35. The summed E-state index contributed by atoms with van der Waals surface area (Å²) in [6, 6.07) is 10.0. The van der Waals surface area contributed by atoms with E-state index in [1.54, 1.807) is 37.5 Å². The van der Waals surface area contributed by atoms with Crippen LogP contribution in [0.15, 0.2) is 52.2 Å². The van der Waals surface area contributed by atoms with Gasteiger partial charge in [0.25, 0.3) is 11.5 Å². The van der Waals surface area contributed by atoms with Gasteiger partial charge in [-0.1, -0.05) is 13.0 Å². The lowest BCUT2D eigenvalue weighted by Gasteiger charge is -2.09. The summed E-state index contributed by atoms with van der Waals surface area (Å²) in [4.78, 5) is 38.8. The Hall–Kier alpha value is -3.15. The van der Waals surface area contributed by atoms with Crippen molar-refractivity contribution in [3.8, 4) is 0 Å². The average Bonchev–Trinajstić information content (AvgIpc) is 2.56. The lowest BCUT2D eigenvalue weighted by molar-refractivity contribution is 0.102. The monoisotopic (exact) mass is 323 g/mol. The highest BCUT2D eigenvalue weighted by molar-refractivity contribution is 6.04. The number of rotatable bonds is 3. The fraction of sp³-hybridized carbons (Fsp3) is 0.167. The molecule has 24 heavy (non-hydrogen) atoms. The Kier molecular flexibility index (Phi) is 4.04. The van der Waals surface area contributed by atoms with Crippen LogP contribution in [0.25, 0.3) is 10.9 Å². The molecular weight excluding hydrogens is 306 g/mol. The van der Waals surface area contributed by atoms with Crippen LogP contribution >= 0.6 is 0 Å². The predicted octanol–water partition coefficient (Wildman–Crippen LogP) is 2.04. The highest BCUT2D eigenvalue weighted by atomic mass is 16.2. The maximum Gasteiger partial charge on any atom is 0.263 e. The van der Waals surface area contributed by atoms with Gasteiger partial charge in [-0.15, -0.1) is 0 Å². The molecule has 0 saturated carbocycles. The van der Waals surface area contributed by atoms with Gasteiger partial charge in [0.1, 0.15) is 5.56 Å². The van der Waals surface area contributed by atoms with Gasteiger partial charge >= 0.3 is 0 Å². The normalized spacial score (nSPS) is 10.8. The maximum absolute atomic E-state index is 12.3. The molecule has 2 aromatic heterocycles. The van der Waals surface area contributed by atoms with Crippen LogP contribution in [0.3, 0.4) is 0 Å². The van der Waals surface area contributed by atoms with Gasteiger partial charge in [0.2, 0.25) is 5.56 Å². The lowest BCUT2D eigenvalue weighted by Crippen LogP contribution is -2.27. The molecule has 122 valence electrons. The lowest BCUT2D eigenvalue weighted by atomic mass is 10.1. The zero-order chi connectivity index (χ0) is 17.3. The Morgan fingerprint density at radius 2 is 2.00 bits per heavy atom. The molecule has 2 N–H and O–H groups in total. The number of aromatic nitrogens is 2. The molecule has 0 unspecified atom stereocenters. The van der Waals surface area contributed by atoms with Gasteiger partial charge in [0.05, 0.1) is 5.52 Å². The van der Waals surface area contributed by atoms with E-state index in [0.717, 1.165) is 17.4 Å². The van der Waals surface area contributed by atoms with Crippen molar-refractivity contribution in [3.63, 3.8) is 0 Å². The Labute approximate surface area is 137 Å². The van der Waals surface area contributed by atoms with E-state index in [9.17, 15) is 14.4 Å². The summed E-state index contributed by atoms with van der Waals surface area (Å²) in [6.45, 7) is 1.98. The molecule has 0 aliphatic heterocycles. The Balaban J connectivity index is 1.99. The highest BCUT2D eigenvalue weighted by Gasteiger charge is 2.12. The first-order valence-electron chi connectivity index (χ1n) is 7.62. The summed E-state index contributed by atoms with van der Waals surface area (Å²) in [5.74, 6) is -0.482. The molecule has 6 nitrogen and oxygen atoms in total. The van der Waals surface area contributed by atoms with E-state index in [2.05, 4.69) is 10.3 Å². The summed E-state index contributed by atoms with van der Waals surface area (Å²) >= 11 is 0. The number of hydrogen-bond donors (Lipinski definition) is 2. The van der Waals surface area contributed by atoms with E-state index in [1.165, 1.54) is 10.6 Å². The van der Waals surface area contributed by atoms with Gasteiger partial charge in [-0.3, -0.25) is 14.4 Å². The number of carbonyl (C=O) groups is 1. The van der Waals surface area contributed by atoms with E-state index in [-0.39, 0.29) is 16.7 Å². The zero-order valence-electron chi connectivity index (χ0n) is 13.4. The molecule has 3 rings (SSSR count). The second-order valence-corrected chi connectivity index (χ2v) is 5.56. The fourth-order valence-corrected chi connectivity index (χ4v) is 2.67. The van der Waals surface area contributed by atoms with Crippen molar-refractivity contribution in [1.29, 1.82) is 0 Å².